The van der Waals surface area contributed by atoms with Crippen LogP contribution < -0.4 is 15.5 Å². The van der Waals surface area contributed by atoms with Crippen molar-refractivity contribution in [1.29, 1.82) is 0 Å². The van der Waals surface area contributed by atoms with Gasteiger partial charge < -0.3 is 20.3 Å². The summed E-state index contributed by atoms with van der Waals surface area (Å²) < 4.78 is 5.42. The minimum atomic E-state index is -0.166. The lowest BCUT2D eigenvalue weighted by atomic mass is 10.1. The second-order valence-electron chi connectivity index (χ2n) is 9.62. The molecule has 0 saturated carbocycles. The van der Waals surface area contributed by atoms with Crippen LogP contribution in [0.2, 0.25) is 0 Å². The summed E-state index contributed by atoms with van der Waals surface area (Å²) in [4.78, 5) is 33.7. The van der Waals surface area contributed by atoms with Crippen LogP contribution in [0.15, 0.2) is 66.0 Å². The third kappa shape index (κ3) is 6.99. The molecule has 200 valence electrons. The van der Waals surface area contributed by atoms with Crippen molar-refractivity contribution in [3.8, 4) is 0 Å². The lowest BCUT2D eigenvalue weighted by Crippen LogP contribution is -2.46. The van der Waals surface area contributed by atoms with Gasteiger partial charge >= 0.3 is 0 Å². The van der Waals surface area contributed by atoms with E-state index in [1.165, 1.54) is 16.9 Å². The van der Waals surface area contributed by atoms with E-state index in [-0.39, 0.29) is 11.8 Å². The zero-order valence-electron chi connectivity index (χ0n) is 21.6. The van der Waals surface area contributed by atoms with E-state index < -0.39 is 0 Å². The van der Waals surface area contributed by atoms with Crippen molar-refractivity contribution in [2.24, 2.45) is 0 Å². The summed E-state index contributed by atoms with van der Waals surface area (Å²) in [6.45, 7) is 9.04. The van der Waals surface area contributed by atoms with Crippen molar-refractivity contribution < 1.29 is 14.3 Å². The maximum Gasteiger partial charge on any atom is 0.265 e. The molecule has 0 atom stereocenters. The largest absolute Gasteiger partial charge is 0.379 e. The highest BCUT2D eigenvalue weighted by Crippen LogP contribution is 2.27. The molecular weight excluding hydrogens is 498 g/mol. The third-order valence-electron chi connectivity index (χ3n) is 7.02. The number of nitrogens with zero attached hydrogens (tertiary/aromatic N) is 3. The molecule has 38 heavy (non-hydrogen) atoms. The fraction of sp³-hybridized carbons (Fsp3) is 0.379. The van der Waals surface area contributed by atoms with Crippen LogP contribution in [-0.2, 0) is 11.3 Å². The van der Waals surface area contributed by atoms with E-state index in [0.717, 1.165) is 71.3 Å². The number of piperazine rings is 1. The number of hydrogen-bond donors (Lipinski definition) is 2. The Morgan fingerprint density at radius 1 is 0.842 bits per heavy atom. The average Bonchev–Trinajstić information content (AvgIpc) is 3.50. The maximum atomic E-state index is 13.4. The second-order valence-corrected chi connectivity index (χ2v) is 10.6. The summed E-state index contributed by atoms with van der Waals surface area (Å²) in [6.07, 6.45) is 0. The van der Waals surface area contributed by atoms with Gasteiger partial charge in [-0.3, -0.25) is 19.4 Å². The van der Waals surface area contributed by atoms with Gasteiger partial charge in [-0.25, -0.2) is 0 Å². The van der Waals surface area contributed by atoms with Crippen molar-refractivity contribution in [3.63, 3.8) is 0 Å². The fourth-order valence-electron chi connectivity index (χ4n) is 4.91. The number of thiophene rings is 1. The molecule has 8 nitrogen and oxygen atoms in total. The highest BCUT2D eigenvalue weighted by molar-refractivity contribution is 7.12. The van der Waals surface area contributed by atoms with E-state index in [4.69, 9.17) is 4.74 Å². The molecule has 2 fully saturated rings. The Morgan fingerprint density at radius 2 is 1.63 bits per heavy atom. The molecule has 2 aliphatic heterocycles. The fourth-order valence-corrected chi connectivity index (χ4v) is 5.53. The van der Waals surface area contributed by atoms with Crippen LogP contribution in [0.1, 0.15) is 25.6 Å². The van der Waals surface area contributed by atoms with Crippen LogP contribution in [0.4, 0.5) is 11.4 Å². The van der Waals surface area contributed by atoms with Crippen LogP contribution in [0.5, 0.6) is 0 Å². The number of amides is 2. The van der Waals surface area contributed by atoms with E-state index in [0.29, 0.717) is 22.7 Å². The number of morpholine rings is 1. The van der Waals surface area contributed by atoms with Crippen LogP contribution in [0, 0.1) is 0 Å². The van der Waals surface area contributed by atoms with Crippen LogP contribution in [0.25, 0.3) is 0 Å². The summed E-state index contributed by atoms with van der Waals surface area (Å²) in [5.74, 6) is -0.284. The minimum absolute atomic E-state index is 0.118. The molecule has 0 bridgehead atoms. The molecule has 3 aromatic rings. The first-order valence-corrected chi connectivity index (χ1v) is 14.1. The standard InChI is InChI=1S/C29H35N5O3S/c35-28(30-10-11-32-16-18-37-19-17-32)25-21-24(31-29(36)27-7-4-20-38-27)8-9-26(25)34-14-12-33(13-15-34)22-23-5-2-1-3-6-23/h1-9,20-21H,10-19,22H2,(H,30,35)(H,31,36). The number of hydrogen-bond acceptors (Lipinski definition) is 7. The van der Waals surface area contributed by atoms with Gasteiger partial charge in [0.05, 0.1) is 23.7 Å². The number of rotatable bonds is 9. The zero-order valence-corrected chi connectivity index (χ0v) is 22.4. The topological polar surface area (TPSA) is 77.2 Å². The van der Waals surface area contributed by atoms with E-state index >= 15 is 0 Å². The van der Waals surface area contributed by atoms with E-state index in [1.807, 2.05) is 29.6 Å². The molecule has 9 heteroatoms. The Hall–Kier alpha value is -3.24. The molecule has 2 aliphatic rings. The molecule has 5 rings (SSSR count). The summed E-state index contributed by atoms with van der Waals surface area (Å²) in [7, 11) is 0. The van der Waals surface area contributed by atoms with Crippen molar-refractivity contribution in [2.75, 3.05) is 75.8 Å². The molecule has 0 spiro atoms. The van der Waals surface area contributed by atoms with Gasteiger partial charge in [0.15, 0.2) is 0 Å². The van der Waals surface area contributed by atoms with Crippen molar-refractivity contribution in [1.82, 2.24) is 15.1 Å². The highest BCUT2D eigenvalue weighted by atomic mass is 32.1. The number of ether oxygens (including phenoxy) is 1. The molecule has 0 radical (unpaired) electrons. The molecule has 2 N–H and O–H groups in total. The molecule has 2 saturated heterocycles. The third-order valence-corrected chi connectivity index (χ3v) is 7.89. The Balaban J connectivity index is 1.27. The monoisotopic (exact) mass is 533 g/mol. The lowest BCUT2D eigenvalue weighted by Gasteiger charge is -2.37. The highest BCUT2D eigenvalue weighted by Gasteiger charge is 2.23. The molecule has 0 aliphatic carbocycles. The van der Waals surface area contributed by atoms with Gasteiger partial charge in [0.1, 0.15) is 0 Å². The SMILES string of the molecule is O=C(Nc1ccc(N2CCN(Cc3ccccc3)CC2)c(C(=O)NCCN2CCOCC2)c1)c1cccs1. The molecule has 2 aromatic carbocycles. The number of benzene rings is 2. The summed E-state index contributed by atoms with van der Waals surface area (Å²) in [5.41, 5.74) is 3.43. The van der Waals surface area contributed by atoms with E-state index in [9.17, 15) is 9.59 Å². The maximum absolute atomic E-state index is 13.4. The Labute approximate surface area is 228 Å². The van der Waals surface area contributed by atoms with Crippen LogP contribution in [0.3, 0.4) is 0 Å². The lowest BCUT2D eigenvalue weighted by molar-refractivity contribution is 0.0383. The van der Waals surface area contributed by atoms with Gasteiger partial charge in [-0.1, -0.05) is 36.4 Å². The summed E-state index contributed by atoms with van der Waals surface area (Å²) >= 11 is 1.39. The first kappa shape index (κ1) is 26.4. The molecule has 2 amide bonds. The molecule has 0 unspecified atom stereocenters. The Bertz CT molecular complexity index is 1190. The van der Waals surface area contributed by atoms with Gasteiger partial charge in [0, 0.05) is 70.3 Å². The minimum Gasteiger partial charge on any atom is -0.379 e. The van der Waals surface area contributed by atoms with Crippen LogP contribution in [-0.4, -0.2) is 87.2 Å². The normalized spacial score (nSPS) is 16.8. The summed E-state index contributed by atoms with van der Waals surface area (Å²) in [6, 6.07) is 19.8. The van der Waals surface area contributed by atoms with Crippen LogP contribution >= 0.6 is 11.3 Å². The number of carbonyl (C=O) groups is 2. The van der Waals surface area contributed by atoms with Gasteiger partial charge in [0.2, 0.25) is 0 Å². The number of carbonyl (C=O) groups excluding carboxylic acids is 2. The van der Waals surface area contributed by atoms with Crippen molar-refractivity contribution >= 4 is 34.5 Å². The predicted molar refractivity (Wildman–Crippen MR) is 152 cm³/mol. The average molecular weight is 534 g/mol. The molecule has 3 heterocycles. The summed E-state index contributed by atoms with van der Waals surface area (Å²) in [5, 5.41) is 7.94. The molecule has 1 aromatic heterocycles. The van der Waals surface area contributed by atoms with Gasteiger partial charge in [-0.15, -0.1) is 11.3 Å². The van der Waals surface area contributed by atoms with E-state index in [2.05, 4.69) is 49.6 Å². The first-order chi connectivity index (χ1) is 18.7. The van der Waals surface area contributed by atoms with Crippen molar-refractivity contribution in [3.05, 3.63) is 82.0 Å². The first-order valence-electron chi connectivity index (χ1n) is 13.2. The second kappa shape index (κ2) is 13.0. The molecular formula is C29H35N5O3S. The van der Waals surface area contributed by atoms with Crippen molar-refractivity contribution in [2.45, 2.75) is 6.54 Å². The Morgan fingerprint density at radius 3 is 2.37 bits per heavy atom. The van der Waals surface area contributed by atoms with Gasteiger partial charge in [-0.2, -0.15) is 0 Å². The quantitative estimate of drug-likeness (QED) is 0.439. The van der Waals surface area contributed by atoms with E-state index in [1.54, 1.807) is 12.1 Å². The smallest absolute Gasteiger partial charge is 0.265 e. The predicted octanol–water partition coefficient (Wildman–Crippen LogP) is 3.38. The number of nitrogens with one attached hydrogen (secondary N) is 2. The van der Waals surface area contributed by atoms with Gasteiger partial charge in [-0.05, 0) is 35.2 Å². The number of anilines is 2. The zero-order chi connectivity index (χ0) is 26.2. The van der Waals surface area contributed by atoms with Gasteiger partial charge in [0.25, 0.3) is 11.8 Å². The Kier molecular flexibility index (Phi) is 9.03.